The van der Waals surface area contributed by atoms with Crippen molar-refractivity contribution >= 4 is 33.2 Å². The molecule has 3 rings (SSSR count). The molecule has 0 bridgehead atoms. The summed E-state index contributed by atoms with van der Waals surface area (Å²) in [5, 5.41) is 15.7. The lowest BCUT2D eigenvalue weighted by Crippen LogP contribution is -2.11. The number of unbranched alkanes of at least 4 members (excludes halogenated alkanes) is 1. The molecule has 0 radical (unpaired) electrons. The van der Waals surface area contributed by atoms with Crippen LogP contribution < -0.4 is 5.32 Å². The summed E-state index contributed by atoms with van der Waals surface area (Å²) in [6.45, 7) is 0. The highest BCUT2D eigenvalue weighted by molar-refractivity contribution is 8.77. The van der Waals surface area contributed by atoms with E-state index in [4.69, 9.17) is 0 Å². The first-order valence-corrected chi connectivity index (χ1v) is 10.5. The van der Waals surface area contributed by atoms with Crippen molar-refractivity contribution in [1.29, 1.82) is 0 Å². The monoisotopic (exact) mass is 363 g/mol. The minimum absolute atomic E-state index is 0.0627. The van der Waals surface area contributed by atoms with Gasteiger partial charge in [-0.05, 0) is 36.6 Å². The predicted molar refractivity (Wildman–Crippen MR) is 99.8 cm³/mol. The molecule has 1 aromatic heterocycles. The van der Waals surface area contributed by atoms with Crippen LogP contribution in [0.25, 0.3) is 11.4 Å². The Bertz CT molecular complexity index is 685. The summed E-state index contributed by atoms with van der Waals surface area (Å²) in [7, 11) is 5.70. The second-order valence-corrected chi connectivity index (χ2v) is 8.59. The van der Waals surface area contributed by atoms with Crippen molar-refractivity contribution in [3.05, 3.63) is 24.3 Å². The van der Waals surface area contributed by atoms with E-state index in [1.807, 2.05) is 45.9 Å². The molecule has 2 heterocycles. The Balaban J connectivity index is 1.45. The maximum Gasteiger partial charge on any atom is 0.224 e. The average molecular weight is 364 g/mol. The van der Waals surface area contributed by atoms with E-state index in [9.17, 15) is 4.79 Å². The first-order valence-electron chi connectivity index (χ1n) is 8.13. The molecule has 1 aliphatic rings. The molecule has 1 N–H and O–H groups in total. The molecular formula is C16H21N5OS2. The first kappa shape index (κ1) is 17.3. The molecule has 0 spiro atoms. The van der Waals surface area contributed by atoms with E-state index in [0.717, 1.165) is 29.3 Å². The number of amides is 1. The lowest BCUT2D eigenvalue weighted by molar-refractivity contribution is -0.116. The second-order valence-electron chi connectivity index (χ2n) is 5.81. The molecule has 1 saturated heterocycles. The molecule has 8 heteroatoms. The number of aryl methyl sites for hydroxylation is 1. The van der Waals surface area contributed by atoms with Crippen LogP contribution in [0, 0.1) is 0 Å². The van der Waals surface area contributed by atoms with Crippen LogP contribution in [0.2, 0.25) is 0 Å². The van der Waals surface area contributed by atoms with Gasteiger partial charge in [-0.15, -0.1) is 10.2 Å². The number of benzene rings is 1. The normalized spacial score (nSPS) is 17.1. The fourth-order valence-corrected chi connectivity index (χ4v) is 5.61. The van der Waals surface area contributed by atoms with E-state index >= 15 is 0 Å². The zero-order chi connectivity index (χ0) is 16.8. The molecule has 2 aromatic rings. The van der Waals surface area contributed by atoms with Gasteiger partial charge < -0.3 is 5.32 Å². The van der Waals surface area contributed by atoms with Gasteiger partial charge in [0.2, 0.25) is 11.7 Å². The molecule has 0 unspecified atom stereocenters. The minimum Gasteiger partial charge on any atom is -0.326 e. The Morgan fingerprint density at radius 2 is 2.33 bits per heavy atom. The summed E-state index contributed by atoms with van der Waals surface area (Å²) in [5.41, 5.74) is 1.62. The summed E-state index contributed by atoms with van der Waals surface area (Å²) in [6, 6.07) is 7.55. The zero-order valence-electron chi connectivity index (χ0n) is 13.6. The van der Waals surface area contributed by atoms with Crippen LogP contribution in [0.3, 0.4) is 0 Å². The number of anilines is 1. The molecule has 1 aliphatic heterocycles. The Morgan fingerprint density at radius 1 is 1.42 bits per heavy atom. The number of nitrogens with zero attached hydrogens (tertiary/aromatic N) is 4. The van der Waals surface area contributed by atoms with Crippen molar-refractivity contribution in [3.8, 4) is 11.4 Å². The number of hydrogen-bond donors (Lipinski definition) is 1. The van der Waals surface area contributed by atoms with Gasteiger partial charge in [0.25, 0.3) is 0 Å². The summed E-state index contributed by atoms with van der Waals surface area (Å²) >= 11 is 0. The van der Waals surface area contributed by atoms with Crippen molar-refractivity contribution in [2.24, 2.45) is 7.05 Å². The Kier molecular flexibility index (Phi) is 6.14. The van der Waals surface area contributed by atoms with Crippen LogP contribution in [-0.4, -0.2) is 37.1 Å². The van der Waals surface area contributed by atoms with Gasteiger partial charge in [-0.25, -0.2) is 0 Å². The highest BCUT2D eigenvalue weighted by Crippen LogP contribution is 2.39. The Hall–Kier alpha value is -1.54. The Labute approximate surface area is 149 Å². The van der Waals surface area contributed by atoms with Gasteiger partial charge in [0.1, 0.15) is 0 Å². The van der Waals surface area contributed by atoms with Crippen molar-refractivity contribution in [1.82, 2.24) is 20.2 Å². The third-order valence-electron chi connectivity index (χ3n) is 3.82. The zero-order valence-corrected chi connectivity index (χ0v) is 15.3. The van der Waals surface area contributed by atoms with E-state index in [1.165, 1.54) is 23.4 Å². The molecule has 1 fully saturated rings. The summed E-state index contributed by atoms with van der Waals surface area (Å²) in [4.78, 5) is 13.5. The highest BCUT2D eigenvalue weighted by Gasteiger charge is 2.15. The van der Waals surface area contributed by atoms with Gasteiger partial charge in [-0.3, -0.25) is 4.79 Å². The molecule has 1 amide bonds. The molecule has 0 aliphatic carbocycles. The summed E-state index contributed by atoms with van der Waals surface area (Å²) in [5.74, 6) is 1.89. The van der Waals surface area contributed by atoms with Crippen molar-refractivity contribution < 1.29 is 4.79 Å². The van der Waals surface area contributed by atoms with E-state index in [-0.39, 0.29) is 5.91 Å². The van der Waals surface area contributed by atoms with Crippen molar-refractivity contribution in [2.45, 2.75) is 37.4 Å². The predicted octanol–water partition coefficient (Wildman–Crippen LogP) is 3.53. The number of hydrogen-bond acceptors (Lipinski definition) is 6. The van der Waals surface area contributed by atoms with Crippen molar-refractivity contribution in [2.75, 3.05) is 11.1 Å². The van der Waals surface area contributed by atoms with Gasteiger partial charge in [0.15, 0.2) is 0 Å². The number of nitrogens with one attached hydrogen (secondary N) is 1. The third-order valence-corrected chi connectivity index (χ3v) is 6.83. The minimum atomic E-state index is 0.0627. The van der Waals surface area contributed by atoms with Gasteiger partial charge in [-0.1, -0.05) is 40.1 Å². The van der Waals surface area contributed by atoms with E-state index in [0.29, 0.717) is 12.2 Å². The molecule has 0 saturated carbocycles. The van der Waals surface area contributed by atoms with Gasteiger partial charge in [-0.2, -0.15) is 4.80 Å². The maximum atomic E-state index is 12.1. The quantitative estimate of drug-likeness (QED) is 0.599. The number of rotatable bonds is 7. The van der Waals surface area contributed by atoms with Crippen LogP contribution >= 0.6 is 21.6 Å². The third kappa shape index (κ3) is 4.98. The average Bonchev–Trinajstić information content (AvgIpc) is 3.23. The van der Waals surface area contributed by atoms with Crippen LogP contribution in [0.1, 0.15) is 32.1 Å². The second kappa shape index (κ2) is 8.53. The number of carbonyl (C=O) groups excluding carboxylic acids is 1. The van der Waals surface area contributed by atoms with Gasteiger partial charge in [0, 0.05) is 28.7 Å². The molecule has 1 atom stereocenters. The van der Waals surface area contributed by atoms with Gasteiger partial charge in [0.05, 0.1) is 7.05 Å². The van der Waals surface area contributed by atoms with Gasteiger partial charge >= 0.3 is 0 Å². The first-order chi connectivity index (χ1) is 11.7. The van der Waals surface area contributed by atoms with Crippen LogP contribution in [-0.2, 0) is 11.8 Å². The number of carbonyl (C=O) groups is 1. The van der Waals surface area contributed by atoms with Crippen LogP contribution in [0.15, 0.2) is 24.3 Å². The summed E-state index contributed by atoms with van der Waals surface area (Å²) < 4.78 is 0. The maximum absolute atomic E-state index is 12.1. The molecule has 6 nitrogen and oxygen atoms in total. The molecule has 128 valence electrons. The number of tetrazole rings is 1. The largest absolute Gasteiger partial charge is 0.326 e. The lowest BCUT2D eigenvalue weighted by Gasteiger charge is -2.08. The molecular weight excluding hydrogens is 342 g/mol. The van der Waals surface area contributed by atoms with E-state index in [1.54, 1.807) is 7.05 Å². The molecule has 24 heavy (non-hydrogen) atoms. The van der Waals surface area contributed by atoms with Crippen molar-refractivity contribution in [3.63, 3.8) is 0 Å². The van der Waals surface area contributed by atoms with Crippen LogP contribution in [0.4, 0.5) is 5.69 Å². The highest BCUT2D eigenvalue weighted by atomic mass is 33.1. The SMILES string of the molecule is Cn1nnc(-c2cccc(NC(=O)CCCC[C@@H]3CCSS3)c2)n1. The Morgan fingerprint density at radius 3 is 3.08 bits per heavy atom. The summed E-state index contributed by atoms with van der Waals surface area (Å²) in [6.07, 6.45) is 5.16. The fourth-order valence-electron chi connectivity index (χ4n) is 2.58. The van der Waals surface area contributed by atoms with Crippen LogP contribution in [0.5, 0.6) is 0 Å². The topological polar surface area (TPSA) is 72.7 Å². The fraction of sp³-hybridized carbons (Fsp3) is 0.500. The smallest absolute Gasteiger partial charge is 0.224 e. The van der Waals surface area contributed by atoms with E-state index in [2.05, 4.69) is 20.7 Å². The molecule has 1 aromatic carbocycles. The number of aromatic nitrogens is 4. The lowest BCUT2D eigenvalue weighted by atomic mass is 10.1. The van der Waals surface area contributed by atoms with E-state index < -0.39 is 0 Å². The standard InChI is InChI=1S/C16H21N5OS2/c1-21-19-16(18-20-21)12-5-4-6-13(11-12)17-15(22)8-3-2-7-14-9-10-23-24-14/h4-6,11,14H,2-3,7-10H2,1H3,(H,17,22)/t14-/m1/s1.